The van der Waals surface area contributed by atoms with Gasteiger partial charge in [0.25, 0.3) is 5.69 Å². The molecule has 0 saturated heterocycles. The molecule has 0 fully saturated rings. The molecule has 0 aliphatic rings. The summed E-state index contributed by atoms with van der Waals surface area (Å²) in [7, 11) is 0. The summed E-state index contributed by atoms with van der Waals surface area (Å²) in [5.74, 6) is 0.623. The lowest BCUT2D eigenvalue weighted by Gasteiger charge is -2.06. The highest BCUT2D eigenvalue weighted by molar-refractivity contribution is 6.30. The summed E-state index contributed by atoms with van der Waals surface area (Å²) >= 11 is 5.72. The number of nitrogens with one attached hydrogen (secondary N) is 1. The summed E-state index contributed by atoms with van der Waals surface area (Å²) < 4.78 is 0. The molecule has 1 heterocycles. The molecule has 0 bridgehead atoms. The Morgan fingerprint density at radius 1 is 1.28 bits per heavy atom. The van der Waals surface area contributed by atoms with Crippen molar-refractivity contribution in [1.82, 2.24) is 4.98 Å². The lowest BCUT2D eigenvalue weighted by Crippen LogP contribution is -2.03. The van der Waals surface area contributed by atoms with Crippen LogP contribution in [0.3, 0.4) is 0 Å². The summed E-state index contributed by atoms with van der Waals surface area (Å²) in [4.78, 5) is 14.5. The molecule has 6 heteroatoms. The molecular formula is C12H10ClN3O2. The number of benzene rings is 1. The molecule has 0 atom stereocenters. The number of hydrogen-bond donors (Lipinski definition) is 1. The van der Waals surface area contributed by atoms with Gasteiger partial charge in [-0.3, -0.25) is 10.1 Å². The molecule has 18 heavy (non-hydrogen) atoms. The number of nitro groups is 1. The predicted octanol–water partition coefficient (Wildman–Crippen LogP) is 3.26. The number of nitrogens with zero attached hydrogens (tertiary/aromatic N) is 2. The van der Waals surface area contributed by atoms with Gasteiger partial charge in [-0.1, -0.05) is 29.8 Å². The number of nitro benzene ring substituents is 1. The van der Waals surface area contributed by atoms with E-state index in [9.17, 15) is 10.1 Å². The minimum Gasteiger partial charge on any atom is -0.366 e. The van der Waals surface area contributed by atoms with Gasteiger partial charge in [0, 0.05) is 24.4 Å². The van der Waals surface area contributed by atoms with Crippen molar-refractivity contribution in [2.75, 3.05) is 5.32 Å². The third-order valence-corrected chi connectivity index (χ3v) is 2.60. The fraction of sp³-hybridized carbons (Fsp3) is 0.0833. The minimum absolute atomic E-state index is 0.0963. The summed E-state index contributed by atoms with van der Waals surface area (Å²) in [5, 5.41) is 14.4. The van der Waals surface area contributed by atoms with Crippen molar-refractivity contribution in [1.29, 1.82) is 0 Å². The van der Waals surface area contributed by atoms with E-state index in [1.54, 1.807) is 30.3 Å². The average Bonchev–Trinajstić information content (AvgIpc) is 2.38. The highest BCUT2D eigenvalue weighted by atomic mass is 35.5. The maximum atomic E-state index is 10.8. The van der Waals surface area contributed by atoms with Crippen LogP contribution >= 0.6 is 11.6 Å². The number of anilines is 1. The van der Waals surface area contributed by atoms with Gasteiger partial charge < -0.3 is 5.32 Å². The fourth-order valence-corrected chi connectivity index (χ4v) is 1.62. The van der Waals surface area contributed by atoms with E-state index in [1.807, 2.05) is 0 Å². The Bertz CT molecular complexity index is 558. The highest BCUT2D eigenvalue weighted by Gasteiger charge is 2.11. The van der Waals surface area contributed by atoms with Crippen LogP contribution in [0.4, 0.5) is 11.5 Å². The Labute approximate surface area is 109 Å². The molecule has 0 amide bonds. The number of aromatic nitrogens is 1. The maximum absolute atomic E-state index is 10.8. The van der Waals surface area contributed by atoms with Gasteiger partial charge in [0.15, 0.2) is 0 Å². The van der Waals surface area contributed by atoms with Crippen LogP contribution in [0.2, 0.25) is 5.02 Å². The van der Waals surface area contributed by atoms with Crippen LogP contribution in [0.5, 0.6) is 0 Å². The van der Waals surface area contributed by atoms with Gasteiger partial charge in [0.1, 0.15) is 5.82 Å². The zero-order valence-corrected chi connectivity index (χ0v) is 10.1. The van der Waals surface area contributed by atoms with E-state index in [1.165, 1.54) is 12.3 Å². The molecule has 2 rings (SSSR count). The first-order chi connectivity index (χ1) is 8.66. The smallest absolute Gasteiger partial charge is 0.274 e. The second kappa shape index (κ2) is 5.46. The highest BCUT2D eigenvalue weighted by Crippen LogP contribution is 2.19. The van der Waals surface area contributed by atoms with Crippen molar-refractivity contribution >= 4 is 23.1 Å². The molecule has 0 aliphatic heterocycles. The summed E-state index contributed by atoms with van der Waals surface area (Å²) in [6, 6.07) is 10.0. The van der Waals surface area contributed by atoms with E-state index < -0.39 is 4.92 Å². The van der Waals surface area contributed by atoms with Crippen LogP contribution in [0.1, 0.15) is 5.56 Å². The second-order valence-electron chi connectivity index (χ2n) is 3.60. The van der Waals surface area contributed by atoms with Gasteiger partial charge in [0.2, 0.25) is 0 Å². The van der Waals surface area contributed by atoms with Crippen molar-refractivity contribution in [3.8, 4) is 0 Å². The van der Waals surface area contributed by atoms with Crippen molar-refractivity contribution in [3.05, 3.63) is 63.3 Å². The van der Waals surface area contributed by atoms with Gasteiger partial charge in [-0.25, -0.2) is 4.98 Å². The Kier molecular flexibility index (Phi) is 3.74. The van der Waals surface area contributed by atoms with Crippen molar-refractivity contribution in [2.24, 2.45) is 0 Å². The standard InChI is InChI=1S/C12H10ClN3O2/c13-10-5-6-12(15-8-10)14-7-9-3-1-2-4-11(9)16(17)18/h1-6,8H,7H2,(H,14,15). The maximum Gasteiger partial charge on any atom is 0.274 e. The minimum atomic E-state index is -0.397. The summed E-state index contributed by atoms with van der Waals surface area (Å²) in [6.45, 7) is 0.339. The molecular weight excluding hydrogens is 254 g/mol. The molecule has 92 valence electrons. The Hall–Kier alpha value is -2.14. The molecule has 0 radical (unpaired) electrons. The van der Waals surface area contributed by atoms with Crippen LogP contribution in [0, 0.1) is 10.1 Å². The van der Waals surface area contributed by atoms with Gasteiger partial charge in [-0.05, 0) is 12.1 Å². The van der Waals surface area contributed by atoms with E-state index in [4.69, 9.17) is 11.6 Å². The molecule has 0 aliphatic carbocycles. The fourth-order valence-electron chi connectivity index (χ4n) is 1.50. The van der Waals surface area contributed by atoms with Crippen molar-refractivity contribution < 1.29 is 4.92 Å². The summed E-state index contributed by atoms with van der Waals surface area (Å²) in [6.07, 6.45) is 1.52. The van der Waals surface area contributed by atoms with Crippen LogP contribution in [0.15, 0.2) is 42.6 Å². The predicted molar refractivity (Wildman–Crippen MR) is 69.7 cm³/mol. The van der Waals surface area contributed by atoms with E-state index >= 15 is 0 Å². The van der Waals surface area contributed by atoms with Crippen molar-refractivity contribution in [3.63, 3.8) is 0 Å². The van der Waals surface area contributed by atoms with Gasteiger partial charge in [0.05, 0.1) is 9.95 Å². The van der Waals surface area contributed by atoms with Crippen LogP contribution in [0.25, 0.3) is 0 Å². The second-order valence-corrected chi connectivity index (χ2v) is 4.04. The number of rotatable bonds is 4. The topological polar surface area (TPSA) is 68.1 Å². The Morgan fingerprint density at radius 2 is 2.06 bits per heavy atom. The van der Waals surface area contributed by atoms with Crippen molar-refractivity contribution in [2.45, 2.75) is 6.54 Å². The molecule has 1 aromatic heterocycles. The zero-order chi connectivity index (χ0) is 13.0. The lowest BCUT2D eigenvalue weighted by atomic mass is 10.2. The van der Waals surface area contributed by atoms with Crippen LogP contribution < -0.4 is 5.32 Å². The largest absolute Gasteiger partial charge is 0.366 e. The number of hydrogen-bond acceptors (Lipinski definition) is 4. The lowest BCUT2D eigenvalue weighted by molar-refractivity contribution is -0.385. The monoisotopic (exact) mass is 263 g/mol. The van der Waals surface area contributed by atoms with E-state index in [0.717, 1.165) is 0 Å². The SMILES string of the molecule is O=[N+]([O-])c1ccccc1CNc1ccc(Cl)cn1. The molecule has 1 N–H and O–H groups in total. The molecule has 2 aromatic rings. The van der Waals surface area contributed by atoms with E-state index in [-0.39, 0.29) is 5.69 Å². The molecule has 1 aromatic carbocycles. The third-order valence-electron chi connectivity index (χ3n) is 2.38. The quantitative estimate of drug-likeness (QED) is 0.679. The number of pyridine rings is 1. The van der Waals surface area contributed by atoms with Crippen LogP contribution in [-0.4, -0.2) is 9.91 Å². The van der Waals surface area contributed by atoms with Gasteiger partial charge in [-0.15, -0.1) is 0 Å². The van der Waals surface area contributed by atoms with E-state index in [0.29, 0.717) is 22.9 Å². The Balaban J connectivity index is 2.10. The number of para-hydroxylation sites is 1. The van der Waals surface area contributed by atoms with Gasteiger partial charge >= 0.3 is 0 Å². The normalized spacial score (nSPS) is 10.1. The first-order valence-electron chi connectivity index (χ1n) is 5.24. The number of halogens is 1. The average molecular weight is 264 g/mol. The zero-order valence-electron chi connectivity index (χ0n) is 9.34. The third kappa shape index (κ3) is 2.95. The Morgan fingerprint density at radius 3 is 2.72 bits per heavy atom. The molecule has 0 saturated carbocycles. The summed E-state index contributed by atoms with van der Waals surface area (Å²) in [5.41, 5.74) is 0.707. The van der Waals surface area contributed by atoms with E-state index in [2.05, 4.69) is 10.3 Å². The molecule has 5 nitrogen and oxygen atoms in total. The van der Waals surface area contributed by atoms with Crippen LogP contribution in [-0.2, 0) is 6.54 Å². The molecule has 0 spiro atoms. The first-order valence-corrected chi connectivity index (χ1v) is 5.62. The molecule has 0 unspecified atom stereocenters. The van der Waals surface area contributed by atoms with Gasteiger partial charge in [-0.2, -0.15) is 0 Å². The first kappa shape index (κ1) is 12.3.